The highest BCUT2D eigenvalue weighted by molar-refractivity contribution is 5.88. The van der Waals surface area contributed by atoms with Gasteiger partial charge in [-0.15, -0.1) is 0 Å². The van der Waals surface area contributed by atoms with E-state index in [4.69, 9.17) is 9.72 Å². The lowest BCUT2D eigenvalue weighted by Gasteiger charge is -2.29. The lowest BCUT2D eigenvalue weighted by molar-refractivity contribution is 0.122. The fraction of sp³-hybridized carbons (Fsp3) is 0.458. The van der Waals surface area contributed by atoms with Gasteiger partial charge in [-0.3, -0.25) is 4.98 Å². The zero-order valence-electron chi connectivity index (χ0n) is 18.1. The zero-order chi connectivity index (χ0) is 21.0. The molecular weight excluding hydrogens is 388 g/mol. The topological polar surface area (TPSA) is 75.2 Å². The minimum Gasteiger partial charge on any atom is -0.378 e. The Hall–Kier alpha value is -2.77. The minimum atomic E-state index is 0.631. The van der Waals surface area contributed by atoms with Crippen molar-refractivity contribution in [1.29, 1.82) is 0 Å². The van der Waals surface area contributed by atoms with E-state index in [0.717, 1.165) is 74.0 Å². The van der Waals surface area contributed by atoms with Crippen LogP contribution in [0, 0.1) is 11.8 Å². The summed E-state index contributed by atoms with van der Waals surface area (Å²) in [5, 5.41) is 7.07. The molecule has 2 unspecified atom stereocenters. The summed E-state index contributed by atoms with van der Waals surface area (Å²) in [7, 11) is 0. The monoisotopic (exact) mass is 418 g/mol. The molecule has 5 rings (SSSR count). The Kier molecular flexibility index (Phi) is 5.95. The third-order valence-corrected chi connectivity index (χ3v) is 6.49. The summed E-state index contributed by atoms with van der Waals surface area (Å²) in [6.07, 6.45) is 4.66. The molecule has 2 saturated heterocycles. The van der Waals surface area contributed by atoms with E-state index in [1.54, 1.807) is 12.4 Å². The Morgan fingerprint density at radius 2 is 1.94 bits per heavy atom. The number of hydrogen-bond donors (Lipinski definition) is 2. The number of hydrogen-bond acceptors (Lipinski definition) is 7. The number of fused-ring (bicyclic) bond motifs is 1. The van der Waals surface area contributed by atoms with Crippen molar-refractivity contribution in [2.45, 2.75) is 13.3 Å². The second-order valence-corrected chi connectivity index (χ2v) is 8.54. The summed E-state index contributed by atoms with van der Waals surface area (Å²) in [5.74, 6) is 2.10. The van der Waals surface area contributed by atoms with Crippen LogP contribution in [0.3, 0.4) is 0 Å². The summed E-state index contributed by atoms with van der Waals surface area (Å²) in [4.78, 5) is 16.4. The Labute approximate surface area is 183 Å². The van der Waals surface area contributed by atoms with Crippen LogP contribution >= 0.6 is 0 Å². The second kappa shape index (κ2) is 9.16. The molecule has 0 radical (unpaired) electrons. The van der Waals surface area contributed by atoms with Crippen molar-refractivity contribution in [2.75, 3.05) is 56.2 Å². The van der Waals surface area contributed by atoms with Gasteiger partial charge in [-0.2, -0.15) is 0 Å². The average molecular weight is 419 g/mol. The fourth-order valence-electron chi connectivity index (χ4n) is 4.51. The van der Waals surface area contributed by atoms with Gasteiger partial charge in [0.2, 0.25) is 0 Å². The summed E-state index contributed by atoms with van der Waals surface area (Å²) in [6, 6.07) is 10.7. The number of nitrogens with one attached hydrogen (secondary N) is 2. The van der Waals surface area contributed by atoms with Crippen LogP contribution in [0.1, 0.15) is 13.3 Å². The Balaban J connectivity index is 1.41. The predicted octanol–water partition coefficient (Wildman–Crippen LogP) is 3.19. The SMILES string of the molecule is CC1CNCCC1CNc1nc(-c2ccc(N3CCOCC3)cc2)cc2nccnc12. The van der Waals surface area contributed by atoms with Crippen molar-refractivity contribution in [2.24, 2.45) is 11.8 Å². The van der Waals surface area contributed by atoms with Gasteiger partial charge in [-0.25, -0.2) is 9.97 Å². The molecule has 2 aromatic heterocycles. The first-order chi connectivity index (χ1) is 15.3. The first-order valence-electron chi connectivity index (χ1n) is 11.3. The van der Waals surface area contributed by atoms with Crippen molar-refractivity contribution in [3.8, 4) is 11.3 Å². The zero-order valence-corrected chi connectivity index (χ0v) is 18.1. The smallest absolute Gasteiger partial charge is 0.154 e. The molecule has 2 aliphatic rings. The number of pyridine rings is 1. The number of benzene rings is 1. The van der Waals surface area contributed by atoms with Gasteiger partial charge in [0, 0.05) is 43.3 Å². The molecule has 1 aromatic carbocycles. The van der Waals surface area contributed by atoms with E-state index >= 15 is 0 Å². The molecule has 0 saturated carbocycles. The van der Waals surface area contributed by atoms with Crippen molar-refractivity contribution < 1.29 is 4.74 Å². The molecule has 4 heterocycles. The van der Waals surface area contributed by atoms with E-state index in [2.05, 4.69) is 56.7 Å². The highest BCUT2D eigenvalue weighted by Crippen LogP contribution is 2.28. The van der Waals surface area contributed by atoms with Crippen molar-refractivity contribution in [3.63, 3.8) is 0 Å². The van der Waals surface area contributed by atoms with E-state index in [1.165, 1.54) is 12.1 Å². The van der Waals surface area contributed by atoms with E-state index in [9.17, 15) is 0 Å². The number of morpholine rings is 1. The number of piperidine rings is 1. The number of rotatable bonds is 5. The molecule has 0 spiro atoms. The van der Waals surface area contributed by atoms with E-state index < -0.39 is 0 Å². The lowest BCUT2D eigenvalue weighted by atomic mass is 9.88. The maximum Gasteiger partial charge on any atom is 0.154 e. The highest BCUT2D eigenvalue weighted by atomic mass is 16.5. The molecule has 7 nitrogen and oxygen atoms in total. The van der Waals surface area contributed by atoms with Gasteiger partial charge < -0.3 is 20.3 Å². The van der Waals surface area contributed by atoms with E-state index in [1.807, 2.05) is 6.07 Å². The van der Waals surface area contributed by atoms with Gasteiger partial charge in [-0.1, -0.05) is 19.1 Å². The number of aromatic nitrogens is 3. The Bertz CT molecular complexity index is 1020. The van der Waals surface area contributed by atoms with Gasteiger partial charge in [0.05, 0.1) is 24.4 Å². The quantitative estimate of drug-likeness (QED) is 0.659. The van der Waals surface area contributed by atoms with Crippen LogP contribution in [0.15, 0.2) is 42.7 Å². The third-order valence-electron chi connectivity index (χ3n) is 6.49. The fourth-order valence-corrected chi connectivity index (χ4v) is 4.51. The predicted molar refractivity (Wildman–Crippen MR) is 124 cm³/mol. The number of ether oxygens (including phenoxy) is 1. The van der Waals surface area contributed by atoms with E-state index in [0.29, 0.717) is 11.8 Å². The first kappa shape index (κ1) is 20.2. The van der Waals surface area contributed by atoms with Crippen molar-refractivity contribution in [1.82, 2.24) is 20.3 Å². The molecule has 2 aliphatic heterocycles. The van der Waals surface area contributed by atoms with Crippen molar-refractivity contribution >= 4 is 22.5 Å². The van der Waals surface area contributed by atoms with Gasteiger partial charge in [-0.05, 0) is 49.5 Å². The molecule has 31 heavy (non-hydrogen) atoms. The molecule has 2 N–H and O–H groups in total. The van der Waals surface area contributed by atoms with Gasteiger partial charge >= 0.3 is 0 Å². The summed E-state index contributed by atoms with van der Waals surface area (Å²) in [5.41, 5.74) is 4.93. The maximum absolute atomic E-state index is 5.47. The standard InChI is InChI=1S/C24H30N6O/c1-17-15-25-7-6-19(17)16-28-24-23-22(26-8-9-27-23)14-21(29-24)18-2-4-20(5-3-18)30-10-12-31-13-11-30/h2-5,8-9,14,17,19,25H,6-7,10-13,15-16H2,1H3,(H,28,29). The summed E-state index contributed by atoms with van der Waals surface area (Å²) < 4.78 is 5.47. The van der Waals surface area contributed by atoms with Crippen LogP contribution in [0.2, 0.25) is 0 Å². The molecule has 2 atom stereocenters. The first-order valence-corrected chi connectivity index (χ1v) is 11.3. The number of nitrogens with zero attached hydrogens (tertiary/aromatic N) is 4. The molecule has 0 amide bonds. The van der Waals surface area contributed by atoms with Gasteiger partial charge in [0.15, 0.2) is 5.82 Å². The summed E-state index contributed by atoms with van der Waals surface area (Å²) >= 11 is 0. The second-order valence-electron chi connectivity index (χ2n) is 8.54. The molecule has 3 aromatic rings. The van der Waals surface area contributed by atoms with E-state index in [-0.39, 0.29) is 0 Å². The van der Waals surface area contributed by atoms with Crippen LogP contribution in [0.4, 0.5) is 11.5 Å². The Morgan fingerprint density at radius 3 is 2.74 bits per heavy atom. The largest absolute Gasteiger partial charge is 0.378 e. The van der Waals surface area contributed by atoms with Crippen molar-refractivity contribution in [3.05, 3.63) is 42.7 Å². The normalized spacial score (nSPS) is 21.9. The molecule has 162 valence electrons. The molecule has 0 bridgehead atoms. The summed E-state index contributed by atoms with van der Waals surface area (Å²) in [6.45, 7) is 8.83. The number of anilines is 2. The Morgan fingerprint density at radius 1 is 1.13 bits per heavy atom. The minimum absolute atomic E-state index is 0.631. The van der Waals surface area contributed by atoms with Crippen LogP contribution in [0.25, 0.3) is 22.3 Å². The average Bonchev–Trinajstić information content (AvgIpc) is 2.84. The third kappa shape index (κ3) is 4.48. The van der Waals surface area contributed by atoms with Crippen LogP contribution in [-0.2, 0) is 4.74 Å². The maximum atomic E-state index is 5.47. The van der Waals surface area contributed by atoms with Gasteiger partial charge in [0.1, 0.15) is 5.52 Å². The molecule has 0 aliphatic carbocycles. The molecule has 2 fully saturated rings. The van der Waals surface area contributed by atoms with Gasteiger partial charge in [0.25, 0.3) is 0 Å². The molecule has 7 heteroatoms. The van der Waals surface area contributed by atoms with Crippen LogP contribution in [0.5, 0.6) is 0 Å². The van der Waals surface area contributed by atoms with Crippen LogP contribution in [-0.4, -0.2) is 60.9 Å². The lowest BCUT2D eigenvalue weighted by Crippen LogP contribution is -2.38. The molecular formula is C24H30N6O. The highest BCUT2D eigenvalue weighted by Gasteiger charge is 2.21. The van der Waals surface area contributed by atoms with Crippen LogP contribution < -0.4 is 15.5 Å².